The van der Waals surface area contributed by atoms with Crippen LogP contribution in [-0.4, -0.2) is 58.2 Å². The van der Waals surface area contributed by atoms with Crippen LogP contribution in [0.1, 0.15) is 96.8 Å². The van der Waals surface area contributed by atoms with E-state index in [9.17, 15) is 4.79 Å². The summed E-state index contributed by atoms with van der Waals surface area (Å²) in [5, 5.41) is 8.49. The van der Waals surface area contributed by atoms with Crippen molar-refractivity contribution < 1.29 is 27.4 Å². The van der Waals surface area contributed by atoms with Gasteiger partial charge in [0.15, 0.2) is 0 Å². The van der Waals surface area contributed by atoms with Crippen LogP contribution in [0, 0.1) is 0 Å². The predicted molar refractivity (Wildman–Crippen MR) is 99.3 cm³/mol. The van der Waals surface area contributed by atoms with Crippen molar-refractivity contribution in [3.8, 4) is 0 Å². The first-order chi connectivity index (χ1) is 10.8. The molecule has 0 spiro atoms. The molecule has 0 heterocycles. The Bertz CT molecular complexity index is 352. The SMILES string of the molecule is CCCCCCCCCCCCCCCC(=O)O.O=S(=O)(O)O.[NaH]. The van der Waals surface area contributed by atoms with Crippen molar-refractivity contribution in [3.05, 3.63) is 0 Å². The molecule has 0 bridgehead atoms. The van der Waals surface area contributed by atoms with E-state index in [1.54, 1.807) is 0 Å². The van der Waals surface area contributed by atoms with E-state index >= 15 is 0 Å². The van der Waals surface area contributed by atoms with E-state index in [1.807, 2.05) is 0 Å². The second kappa shape index (κ2) is 21.4. The van der Waals surface area contributed by atoms with Crippen LogP contribution in [-0.2, 0) is 15.2 Å². The Hall–Kier alpha value is 0.340. The maximum absolute atomic E-state index is 10.3. The first-order valence-corrected chi connectivity index (χ1v) is 10.1. The van der Waals surface area contributed by atoms with Crippen molar-refractivity contribution in [1.82, 2.24) is 0 Å². The molecule has 6 nitrogen and oxygen atoms in total. The number of unbranched alkanes of at least 4 members (excludes halogenated alkanes) is 12. The van der Waals surface area contributed by atoms with Gasteiger partial charge < -0.3 is 5.11 Å². The molecule has 3 N–H and O–H groups in total. The van der Waals surface area contributed by atoms with Crippen LogP contribution in [0.15, 0.2) is 0 Å². The first kappa shape index (κ1) is 29.1. The molecule has 142 valence electrons. The van der Waals surface area contributed by atoms with Crippen molar-refractivity contribution in [2.45, 2.75) is 96.8 Å². The summed E-state index contributed by atoms with van der Waals surface area (Å²) in [5.74, 6) is -0.655. The van der Waals surface area contributed by atoms with Gasteiger partial charge in [-0.25, -0.2) is 0 Å². The van der Waals surface area contributed by atoms with Gasteiger partial charge in [-0.15, -0.1) is 0 Å². The summed E-state index contributed by atoms with van der Waals surface area (Å²) in [4.78, 5) is 10.3. The number of carboxylic acid groups (broad SMARTS) is 1. The van der Waals surface area contributed by atoms with E-state index in [2.05, 4.69) is 6.92 Å². The van der Waals surface area contributed by atoms with Gasteiger partial charge in [0.25, 0.3) is 0 Å². The van der Waals surface area contributed by atoms with E-state index < -0.39 is 16.4 Å². The molecule has 8 heteroatoms. The predicted octanol–water partition coefficient (Wildman–Crippen LogP) is 4.25. The number of hydrogen-bond donors (Lipinski definition) is 3. The summed E-state index contributed by atoms with van der Waals surface area (Å²) in [6.45, 7) is 2.26. The fraction of sp³-hybridized carbons (Fsp3) is 0.938. The normalized spacial score (nSPS) is 10.5. The zero-order valence-electron chi connectivity index (χ0n) is 14.4. The van der Waals surface area contributed by atoms with Gasteiger partial charge in [-0.05, 0) is 6.42 Å². The Kier molecular flexibility index (Phi) is 25.9. The van der Waals surface area contributed by atoms with Crippen LogP contribution >= 0.6 is 0 Å². The second-order valence-corrected chi connectivity index (χ2v) is 6.73. The monoisotopic (exact) mass is 378 g/mol. The number of aliphatic carboxylic acids is 1. The zero-order chi connectivity index (χ0) is 18.0. The fourth-order valence-corrected chi connectivity index (χ4v) is 2.29. The van der Waals surface area contributed by atoms with Crippen molar-refractivity contribution in [3.63, 3.8) is 0 Å². The van der Waals surface area contributed by atoms with Crippen molar-refractivity contribution in [1.29, 1.82) is 0 Å². The standard InChI is InChI=1S/C16H32O2.Na.H2O4S.H/c1-2-3-4-5-6-7-8-9-10-11-12-13-14-15-16(17)18;;1-5(2,3)4;/h2-15H2,1H3,(H,17,18);;(H2,1,2,3,4);. The van der Waals surface area contributed by atoms with Gasteiger partial charge >= 0.3 is 45.9 Å². The molecule has 0 aliphatic heterocycles. The van der Waals surface area contributed by atoms with E-state index in [4.69, 9.17) is 22.6 Å². The third-order valence-corrected chi connectivity index (χ3v) is 3.49. The Morgan fingerprint density at radius 1 is 0.708 bits per heavy atom. The molecule has 0 fully saturated rings. The Morgan fingerprint density at radius 2 is 0.958 bits per heavy atom. The van der Waals surface area contributed by atoms with Crippen molar-refractivity contribution >= 4 is 45.9 Å². The van der Waals surface area contributed by atoms with Gasteiger partial charge in [-0.1, -0.05) is 84.0 Å². The maximum atomic E-state index is 10.3. The van der Waals surface area contributed by atoms with Crippen LogP contribution in [0.4, 0.5) is 0 Å². The van der Waals surface area contributed by atoms with E-state index in [0.717, 1.165) is 12.8 Å². The van der Waals surface area contributed by atoms with Crippen LogP contribution in [0.3, 0.4) is 0 Å². The van der Waals surface area contributed by atoms with Crippen LogP contribution in [0.2, 0.25) is 0 Å². The molecule has 0 saturated heterocycles. The Balaban J connectivity index is -0.000000639. The summed E-state index contributed by atoms with van der Waals surface area (Å²) in [7, 11) is -4.67. The van der Waals surface area contributed by atoms with Crippen molar-refractivity contribution in [2.75, 3.05) is 0 Å². The van der Waals surface area contributed by atoms with Crippen LogP contribution in [0.5, 0.6) is 0 Å². The third kappa shape index (κ3) is 43.2. The van der Waals surface area contributed by atoms with Crippen molar-refractivity contribution in [2.24, 2.45) is 0 Å². The molecule has 0 amide bonds. The van der Waals surface area contributed by atoms with E-state index in [1.165, 1.54) is 70.6 Å². The average Bonchev–Trinajstić information content (AvgIpc) is 2.42. The first-order valence-electron chi connectivity index (χ1n) is 8.69. The minimum absolute atomic E-state index is 0. The zero-order valence-corrected chi connectivity index (χ0v) is 15.2. The molecule has 0 aromatic heterocycles. The molecule has 0 atom stereocenters. The molecule has 0 unspecified atom stereocenters. The molecule has 0 rings (SSSR count). The van der Waals surface area contributed by atoms with Gasteiger partial charge in [-0.2, -0.15) is 8.42 Å². The van der Waals surface area contributed by atoms with Crippen LogP contribution < -0.4 is 0 Å². The van der Waals surface area contributed by atoms with Gasteiger partial charge in [-0.3, -0.25) is 13.9 Å². The molecule has 0 saturated carbocycles. The van der Waals surface area contributed by atoms with Gasteiger partial charge in [0.1, 0.15) is 0 Å². The molecule has 0 aliphatic rings. The molecule has 0 aliphatic carbocycles. The fourth-order valence-electron chi connectivity index (χ4n) is 2.29. The molecule has 0 aromatic carbocycles. The van der Waals surface area contributed by atoms with Gasteiger partial charge in [0, 0.05) is 6.42 Å². The summed E-state index contributed by atoms with van der Waals surface area (Å²) in [5.41, 5.74) is 0. The van der Waals surface area contributed by atoms with Crippen LogP contribution in [0.25, 0.3) is 0 Å². The molecular weight excluding hydrogens is 343 g/mol. The Morgan fingerprint density at radius 3 is 1.21 bits per heavy atom. The van der Waals surface area contributed by atoms with E-state index in [0.29, 0.717) is 6.42 Å². The average molecular weight is 379 g/mol. The second-order valence-electron chi connectivity index (χ2n) is 5.83. The Labute approximate surface area is 169 Å². The summed E-state index contributed by atoms with van der Waals surface area (Å²) >= 11 is 0. The minimum atomic E-state index is -4.67. The molecule has 0 aromatic rings. The topological polar surface area (TPSA) is 112 Å². The third-order valence-electron chi connectivity index (χ3n) is 3.49. The number of carboxylic acids is 1. The molecular formula is C16H35NaO6S. The molecule has 0 radical (unpaired) electrons. The van der Waals surface area contributed by atoms with Gasteiger partial charge in [0.05, 0.1) is 0 Å². The van der Waals surface area contributed by atoms with Gasteiger partial charge in [0.2, 0.25) is 0 Å². The van der Waals surface area contributed by atoms with E-state index in [-0.39, 0.29) is 29.6 Å². The number of carbonyl (C=O) groups is 1. The number of rotatable bonds is 14. The quantitative estimate of drug-likeness (QED) is 0.237. The summed E-state index contributed by atoms with van der Waals surface area (Å²) in [6, 6.07) is 0. The summed E-state index contributed by atoms with van der Waals surface area (Å²) in [6.07, 6.45) is 17.3. The summed E-state index contributed by atoms with van der Waals surface area (Å²) < 4.78 is 31.6. The number of hydrogen-bond acceptors (Lipinski definition) is 3. The molecule has 24 heavy (non-hydrogen) atoms.